The fourth-order valence-electron chi connectivity index (χ4n) is 1.28. The molecule has 0 radical (unpaired) electrons. The molecule has 1 amide bonds. The fourth-order valence-corrected chi connectivity index (χ4v) is 1.83. The first kappa shape index (κ1) is 14.5. The molecule has 0 aliphatic heterocycles. The number of aromatic nitrogens is 1. The number of carboxylic acid groups (broad SMARTS) is 1. The SMILES string of the molecule is COC(CNC(=O)c1cccnc1SC)C(=O)O. The van der Waals surface area contributed by atoms with Crippen molar-refractivity contribution in [2.45, 2.75) is 11.1 Å². The molecule has 0 aliphatic carbocycles. The number of carboxylic acids is 1. The third-order valence-electron chi connectivity index (χ3n) is 2.22. The Bertz CT molecular complexity index is 439. The molecule has 0 bridgehead atoms. The summed E-state index contributed by atoms with van der Waals surface area (Å²) in [6.07, 6.45) is 2.36. The van der Waals surface area contributed by atoms with E-state index in [1.165, 1.54) is 18.9 Å². The van der Waals surface area contributed by atoms with Gasteiger partial charge in [0, 0.05) is 13.3 Å². The van der Waals surface area contributed by atoms with Crippen LogP contribution in [0.2, 0.25) is 0 Å². The molecular weight excluding hydrogens is 256 g/mol. The first-order chi connectivity index (χ1) is 8.60. The van der Waals surface area contributed by atoms with Crippen LogP contribution >= 0.6 is 11.8 Å². The lowest BCUT2D eigenvalue weighted by Crippen LogP contribution is -2.38. The Hall–Kier alpha value is -1.60. The highest BCUT2D eigenvalue weighted by molar-refractivity contribution is 7.98. The van der Waals surface area contributed by atoms with E-state index in [1.807, 2.05) is 6.26 Å². The molecule has 0 aliphatic rings. The summed E-state index contributed by atoms with van der Waals surface area (Å²) >= 11 is 1.35. The van der Waals surface area contributed by atoms with E-state index in [4.69, 9.17) is 9.84 Å². The van der Waals surface area contributed by atoms with Crippen molar-refractivity contribution in [3.63, 3.8) is 0 Å². The Balaban J connectivity index is 2.68. The van der Waals surface area contributed by atoms with Crippen molar-refractivity contribution >= 4 is 23.6 Å². The van der Waals surface area contributed by atoms with E-state index in [9.17, 15) is 9.59 Å². The number of aliphatic carboxylic acids is 1. The number of nitrogens with zero attached hydrogens (tertiary/aromatic N) is 1. The zero-order chi connectivity index (χ0) is 13.5. The van der Waals surface area contributed by atoms with Gasteiger partial charge in [-0.2, -0.15) is 0 Å². The molecule has 1 heterocycles. The van der Waals surface area contributed by atoms with Crippen LogP contribution in [0.4, 0.5) is 0 Å². The van der Waals surface area contributed by atoms with Gasteiger partial charge in [-0.05, 0) is 18.4 Å². The van der Waals surface area contributed by atoms with Crippen LogP contribution in [0.5, 0.6) is 0 Å². The van der Waals surface area contributed by atoms with Crippen molar-refractivity contribution in [3.05, 3.63) is 23.9 Å². The number of methoxy groups -OCH3 is 1. The maximum atomic E-state index is 11.9. The van der Waals surface area contributed by atoms with E-state index in [0.717, 1.165) is 0 Å². The molecule has 98 valence electrons. The van der Waals surface area contributed by atoms with Gasteiger partial charge in [0.2, 0.25) is 0 Å². The molecule has 0 aromatic carbocycles. The average molecular weight is 270 g/mol. The van der Waals surface area contributed by atoms with Crippen LogP contribution in [-0.4, -0.2) is 48.0 Å². The Morgan fingerprint density at radius 3 is 2.89 bits per heavy atom. The molecule has 1 aromatic heterocycles. The van der Waals surface area contributed by atoms with Gasteiger partial charge in [-0.15, -0.1) is 11.8 Å². The van der Waals surface area contributed by atoms with Crippen molar-refractivity contribution in [2.24, 2.45) is 0 Å². The second kappa shape index (κ2) is 6.97. The topological polar surface area (TPSA) is 88.5 Å². The van der Waals surface area contributed by atoms with Crippen molar-refractivity contribution in [1.82, 2.24) is 10.3 Å². The summed E-state index contributed by atoms with van der Waals surface area (Å²) < 4.78 is 4.72. The van der Waals surface area contributed by atoms with Gasteiger partial charge in [-0.3, -0.25) is 4.79 Å². The van der Waals surface area contributed by atoms with Gasteiger partial charge in [0.15, 0.2) is 6.10 Å². The van der Waals surface area contributed by atoms with Gasteiger partial charge >= 0.3 is 5.97 Å². The van der Waals surface area contributed by atoms with Gasteiger partial charge < -0.3 is 15.2 Å². The lowest BCUT2D eigenvalue weighted by molar-refractivity contribution is -0.148. The normalized spacial score (nSPS) is 11.9. The highest BCUT2D eigenvalue weighted by Gasteiger charge is 2.18. The number of rotatable bonds is 6. The number of nitrogens with one attached hydrogen (secondary N) is 1. The molecule has 7 heteroatoms. The molecule has 1 rings (SSSR count). The number of hydrogen-bond donors (Lipinski definition) is 2. The molecule has 2 N–H and O–H groups in total. The first-order valence-electron chi connectivity index (χ1n) is 5.13. The minimum absolute atomic E-state index is 0.0899. The lowest BCUT2D eigenvalue weighted by atomic mass is 10.2. The lowest BCUT2D eigenvalue weighted by Gasteiger charge is -2.12. The van der Waals surface area contributed by atoms with Crippen LogP contribution in [-0.2, 0) is 9.53 Å². The monoisotopic (exact) mass is 270 g/mol. The predicted octanol–water partition coefficient (Wildman–Crippen LogP) is 0.633. The van der Waals surface area contributed by atoms with Crippen molar-refractivity contribution in [2.75, 3.05) is 19.9 Å². The first-order valence-corrected chi connectivity index (χ1v) is 6.35. The summed E-state index contributed by atoms with van der Waals surface area (Å²) in [7, 11) is 1.28. The highest BCUT2D eigenvalue weighted by atomic mass is 32.2. The van der Waals surface area contributed by atoms with Gasteiger partial charge in [-0.1, -0.05) is 0 Å². The number of carbonyl (C=O) groups excluding carboxylic acids is 1. The summed E-state index contributed by atoms with van der Waals surface area (Å²) in [6, 6.07) is 3.29. The van der Waals surface area contributed by atoms with E-state index in [1.54, 1.807) is 18.3 Å². The van der Waals surface area contributed by atoms with Crippen molar-refractivity contribution in [1.29, 1.82) is 0 Å². The third kappa shape index (κ3) is 3.71. The summed E-state index contributed by atoms with van der Waals surface area (Å²) in [5.41, 5.74) is 0.422. The number of carbonyl (C=O) groups is 2. The van der Waals surface area contributed by atoms with Gasteiger partial charge in [0.1, 0.15) is 5.03 Å². The number of hydrogen-bond acceptors (Lipinski definition) is 5. The van der Waals surface area contributed by atoms with Crippen molar-refractivity contribution in [3.8, 4) is 0 Å². The van der Waals surface area contributed by atoms with Crippen LogP contribution < -0.4 is 5.32 Å². The van der Waals surface area contributed by atoms with Gasteiger partial charge in [-0.25, -0.2) is 9.78 Å². The Kier molecular flexibility index (Phi) is 5.60. The molecule has 1 atom stereocenters. The van der Waals surface area contributed by atoms with E-state index in [2.05, 4.69) is 10.3 Å². The molecule has 1 unspecified atom stereocenters. The van der Waals surface area contributed by atoms with Crippen LogP contribution in [0.3, 0.4) is 0 Å². The molecule has 6 nitrogen and oxygen atoms in total. The largest absolute Gasteiger partial charge is 0.479 e. The number of ether oxygens (including phenoxy) is 1. The summed E-state index contributed by atoms with van der Waals surface area (Å²) in [4.78, 5) is 26.6. The van der Waals surface area contributed by atoms with Crippen molar-refractivity contribution < 1.29 is 19.4 Å². The molecule has 1 aromatic rings. The zero-order valence-electron chi connectivity index (χ0n) is 10.0. The average Bonchev–Trinajstić information content (AvgIpc) is 2.38. The zero-order valence-corrected chi connectivity index (χ0v) is 10.9. The number of thioether (sulfide) groups is 1. The van der Waals surface area contributed by atoms with Crippen LogP contribution in [0.15, 0.2) is 23.4 Å². The quantitative estimate of drug-likeness (QED) is 0.737. The molecule has 18 heavy (non-hydrogen) atoms. The van der Waals surface area contributed by atoms with Crippen LogP contribution in [0.1, 0.15) is 10.4 Å². The second-order valence-corrected chi connectivity index (χ2v) is 4.13. The van der Waals surface area contributed by atoms with Gasteiger partial charge in [0.05, 0.1) is 12.1 Å². The minimum atomic E-state index is -1.12. The smallest absolute Gasteiger partial charge is 0.334 e. The van der Waals surface area contributed by atoms with E-state index < -0.39 is 12.1 Å². The number of pyridine rings is 1. The van der Waals surface area contributed by atoms with E-state index in [0.29, 0.717) is 10.6 Å². The Labute approximate surface area is 109 Å². The van der Waals surface area contributed by atoms with Crippen LogP contribution in [0.25, 0.3) is 0 Å². The molecule has 0 saturated carbocycles. The molecular formula is C11H14N2O4S. The molecule has 0 saturated heterocycles. The predicted molar refractivity (Wildman–Crippen MR) is 66.8 cm³/mol. The Morgan fingerprint density at radius 2 is 2.33 bits per heavy atom. The van der Waals surface area contributed by atoms with Crippen LogP contribution in [0, 0.1) is 0 Å². The standard InChI is InChI=1S/C11H14N2O4S/c1-17-8(11(15)16)6-13-9(14)7-4-3-5-12-10(7)18-2/h3-5,8H,6H2,1-2H3,(H,13,14)(H,15,16). The second-order valence-electron chi connectivity index (χ2n) is 3.33. The summed E-state index contributed by atoms with van der Waals surface area (Å²) in [5, 5.41) is 11.9. The fraction of sp³-hybridized carbons (Fsp3) is 0.364. The molecule has 0 fully saturated rings. The minimum Gasteiger partial charge on any atom is -0.479 e. The maximum Gasteiger partial charge on any atom is 0.334 e. The molecule has 0 spiro atoms. The van der Waals surface area contributed by atoms with E-state index >= 15 is 0 Å². The summed E-state index contributed by atoms with van der Waals surface area (Å²) in [6.45, 7) is -0.0899. The maximum absolute atomic E-state index is 11.9. The van der Waals surface area contributed by atoms with Gasteiger partial charge in [0.25, 0.3) is 5.91 Å². The summed E-state index contributed by atoms with van der Waals surface area (Å²) in [5.74, 6) is -1.48. The number of amides is 1. The van der Waals surface area contributed by atoms with E-state index in [-0.39, 0.29) is 12.5 Å². The third-order valence-corrected chi connectivity index (χ3v) is 2.93. The Morgan fingerprint density at radius 1 is 1.61 bits per heavy atom. The highest BCUT2D eigenvalue weighted by Crippen LogP contribution is 2.16.